The molecule has 2 aromatic carbocycles. The fraction of sp³-hybridized carbons (Fsp3) is 0.444. The lowest BCUT2D eigenvalue weighted by Gasteiger charge is -2.27. The first-order valence-corrected chi connectivity index (χ1v) is 11.5. The number of likely N-dealkylation sites (tertiary alicyclic amines) is 1. The molecule has 1 N–H and O–H groups in total. The second-order valence-corrected chi connectivity index (χ2v) is 9.40. The van der Waals surface area contributed by atoms with E-state index in [1.807, 2.05) is 42.5 Å². The Labute approximate surface area is 195 Å². The van der Waals surface area contributed by atoms with Gasteiger partial charge in [0.1, 0.15) is 5.75 Å². The van der Waals surface area contributed by atoms with Crippen LogP contribution in [0.4, 0.5) is 0 Å². The van der Waals surface area contributed by atoms with Crippen LogP contribution in [0.25, 0.3) is 0 Å². The first-order chi connectivity index (χ1) is 15.9. The Balaban J connectivity index is 1.70. The van der Waals surface area contributed by atoms with Crippen LogP contribution < -0.4 is 14.2 Å². The maximum atomic E-state index is 12.6. The van der Waals surface area contributed by atoms with Gasteiger partial charge in [-0.3, -0.25) is 9.69 Å². The van der Waals surface area contributed by atoms with Crippen molar-refractivity contribution in [3.05, 3.63) is 65.2 Å². The van der Waals surface area contributed by atoms with Crippen LogP contribution in [0.3, 0.4) is 0 Å². The summed E-state index contributed by atoms with van der Waals surface area (Å²) < 4.78 is 16.3. The van der Waals surface area contributed by atoms with Crippen molar-refractivity contribution in [3.8, 4) is 17.2 Å². The molecule has 33 heavy (non-hydrogen) atoms. The number of fused-ring (bicyclic) bond motifs is 1. The predicted octanol–water partition coefficient (Wildman–Crippen LogP) is 5.26. The molecule has 1 fully saturated rings. The minimum absolute atomic E-state index is 0.164. The number of aliphatic carboxylic acids is 1. The molecule has 6 nitrogen and oxygen atoms in total. The SMILES string of the molecule is COc1ccc(C2C(C(=O)O)C(c3ccc4c(c3)OCO4)CN2C/C=C(\C)CC(C)C)cc1. The molecule has 2 aromatic rings. The van der Waals surface area contributed by atoms with Crippen LogP contribution in [-0.2, 0) is 4.79 Å². The van der Waals surface area contributed by atoms with E-state index in [0.29, 0.717) is 30.5 Å². The van der Waals surface area contributed by atoms with Gasteiger partial charge in [-0.05, 0) is 54.7 Å². The molecular formula is C27H33NO5. The molecule has 2 aliphatic heterocycles. The summed E-state index contributed by atoms with van der Waals surface area (Å²) in [5.41, 5.74) is 3.29. The molecule has 0 bridgehead atoms. The van der Waals surface area contributed by atoms with E-state index < -0.39 is 11.9 Å². The predicted molar refractivity (Wildman–Crippen MR) is 127 cm³/mol. The highest BCUT2D eigenvalue weighted by atomic mass is 16.7. The van der Waals surface area contributed by atoms with Crippen molar-refractivity contribution in [2.24, 2.45) is 11.8 Å². The van der Waals surface area contributed by atoms with E-state index in [1.54, 1.807) is 7.11 Å². The first-order valence-electron chi connectivity index (χ1n) is 11.5. The van der Waals surface area contributed by atoms with Crippen molar-refractivity contribution >= 4 is 5.97 Å². The number of hydrogen-bond acceptors (Lipinski definition) is 5. The number of carbonyl (C=O) groups is 1. The summed E-state index contributed by atoms with van der Waals surface area (Å²) in [6, 6.07) is 13.3. The second-order valence-electron chi connectivity index (χ2n) is 9.40. The molecule has 0 radical (unpaired) electrons. The van der Waals surface area contributed by atoms with Crippen LogP contribution in [0.15, 0.2) is 54.1 Å². The number of hydrogen-bond donors (Lipinski definition) is 1. The van der Waals surface area contributed by atoms with Crippen LogP contribution >= 0.6 is 0 Å². The molecule has 2 aliphatic rings. The Hall–Kier alpha value is -2.99. The lowest BCUT2D eigenvalue weighted by atomic mass is 9.82. The lowest BCUT2D eigenvalue weighted by molar-refractivity contribution is -0.143. The van der Waals surface area contributed by atoms with Crippen molar-refractivity contribution in [3.63, 3.8) is 0 Å². The number of nitrogens with zero attached hydrogens (tertiary/aromatic N) is 1. The van der Waals surface area contributed by atoms with Gasteiger partial charge in [-0.2, -0.15) is 0 Å². The summed E-state index contributed by atoms with van der Waals surface area (Å²) in [5.74, 6) is 1.20. The van der Waals surface area contributed by atoms with Crippen molar-refractivity contribution in [1.82, 2.24) is 4.90 Å². The van der Waals surface area contributed by atoms with E-state index in [9.17, 15) is 9.90 Å². The zero-order chi connectivity index (χ0) is 23.5. The van der Waals surface area contributed by atoms with Gasteiger partial charge in [0.2, 0.25) is 6.79 Å². The Morgan fingerprint density at radius 2 is 1.85 bits per heavy atom. The Morgan fingerprint density at radius 3 is 2.52 bits per heavy atom. The van der Waals surface area contributed by atoms with Crippen LogP contribution in [0, 0.1) is 11.8 Å². The minimum Gasteiger partial charge on any atom is -0.497 e. The van der Waals surface area contributed by atoms with Gasteiger partial charge in [0.05, 0.1) is 13.0 Å². The van der Waals surface area contributed by atoms with Gasteiger partial charge in [0.15, 0.2) is 11.5 Å². The molecule has 3 unspecified atom stereocenters. The zero-order valence-corrected chi connectivity index (χ0v) is 19.8. The zero-order valence-electron chi connectivity index (χ0n) is 19.8. The number of carboxylic acid groups (broad SMARTS) is 1. The maximum Gasteiger partial charge on any atom is 0.309 e. The smallest absolute Gasteiger partial charge is 0.309 e. The van der Waals surface area contributed by atoms with Gasteiger partial charge in [-0.1, -0.05) is 43.7 Å². The summed E-state index contributed by atoms with van der Waals surface area (Å²) >= 11 is 0. The van der Waals surface area contributed by atoms with Gasteiger partial charge >= 0.3 is 5.97 Å². The van der Waals surface area contributed by atoms with E-state index in [-0.39, 0.29) is 18.8 Å². The molecule has 0 saturated carbocycles. The number of carboxylic acids is 1. The van der Waals surface area contributed by atoms with Crippen LogP contribution in [-0.4, -0.2) is 43.0 Å². The molecule has 0 aliphatic carbocycles. The molecular weight excluding hydrogens is 418 g/mol. The number of allylic oxidation sites excluding steroid dienone is 1. The summed E-state index contributed by atoms with van der Waals surface area (Å²) in [6.07, 6.45) is 3.28. The largest absolute Gasteiger partial charge is 0.497 e. The van der Waals surface area contributed by atoms with Gasteiger partial charge in [0.25, 0.3) is 0 Å². The number of ether oxygens (including phenoxy) is 3. The maximum absolute atomic E-state index is 12.6. The van der Waals surface area contributed by atoms with Crippen molar-refractivity contribution in [2.75, 3.05) is 27.0 Å². The quantitative estimate of drug-likeness (QED) is 0.553. The van der Waals surface area contributed by atoms with E-state index in [2.05, 4.69) is 31.7 Å². The van der Waals surface area contributed by atoms with Crippen molar-refractivity contribution in [2.45, 2.75) is 39.2 Å². The van der Waals surface area contributed by atoms with Crippen molar-refractivity contribution < 1.29 is 24.1 Å². The van der Waals surface area contributed by atoms with E-state index in [0.717, 1.165) is 23.3 Å². The van der Waals surface area contributed by atoms with Gasteiger partial charge in [0, 0.05) is 25.0 Å². The first kappa shape index (κ1) is 23.2. The number of rotatable bonds is 8. The fourth-order valence-corrected chi connectivity index (χ4v) is 5.10. The average Bonchev–Trinajstić information content (AvgIpc) is 3.41. The molecule has 0 amide bonds. The van der Waals surface area contributed by atoms with E-state index >= 15 is 0 Å². The molecule has 0 spiro atoms. The normalized spacial score (nSPS) is 22.7. The van der Waals surface area contributed by atoms with Crippen molar-refractivity contribution in [1.29, 1.82) is 0 Å². The number of methoxy groups -OCH3 is 1. The monoisotopic (exact) mass is 451 g/mol. The topological polar surface area (TPSA) is 68.2 Å². The minimum atomic E-state index is -0.788. The summed E-state index contributed by atoms with van der Waals surface area (Å²) in [7, 11) is 1.63. The Morgan fingerprint density at radius 1 is 1.15 bits per heavy atom. The van der Waals surface area contributed by atoms with Gasteiger partial charge in [-0.25, -0.2) is 0 Å². The number of benzene rings is 2. The van der Waals surface area contributed by atoms with Gasteiger partial charge < -0.3 is 19.3 Å². The lowest BCUT2D eigenvalue weighted by Crippen LogP contribution is -2.29. The molecule has 2 heterocycles. The highest BCUT2D eigenvalue weighted by Crippen LogP contribution is 2.47. The molecule has 3 atom stereocenters. The second kappa shape index (κ2) is 9.87. The van der Waals surface area contributed by atoms with Crippen LogP contribution in [0.5, 0.6) is 17.2 Å². The van der Waals surface area contributed by atoms with Crippen LogP contribution in [0.1, 0.15) is 50.3 Å². The Kier molecular flexibility index (Phi) is 6.94. The third-order valence-electron chi connectivity index (χ3n) is 6.57. The molecule has 176 valence electrons. The molecule has 6 heteroatoms. The Bertz CT molecular complexity index is 1010. The van der Waals surface area contributed by atoms with E-state index in [4.69, 9.17) is 14.2 Å². The molecule has 4 rings (SSSR count). The summed E-state index contributed by atoms with van der Waals surface area (Å²) in [6.45, 7) is 8.14. The average molecular weight is 452 g/mol. The third-order valence-corrected chi connectivity index (χ3v) is 6.57. The molecule has 0 aromatic heterocycles. The summed E-state index contributed by atoms with van der Waals surface area (Å²) in [4.78, 5) is 14.9. The molecule has 1 saturated heterocycles. The standard InChI is InChI=1S/C27H33NO5/c1-17(2)13-18(3)11-12-28-15-22(20-7-10-23-24(14-20)33-16-32-23)25(27(29)30)26(28)19-5-8-21(31-4)9-6-19/h5-11,14,17,22,25-26H,12-13,15-16H2,1-4H3,(H,29,30)/b18-11+. The highest BCUT2D eigenvalue weighted by Gasteiger charge is 2.47. The van der Waals surface area contributed by atoms with E-state index in [1.165, 1.54) is 5.57 Å². The highest BCUT2D eigenvalue weighted by molar-refractivity contribution is 5.74. The van der Waals surface area contributed by atoms with Crippen LogP contribution in [0.2, 0.25) is 0 Å². The fourth-order valence-electron chi connectivity index (χ4n) is 5.10. The van der Waals surface area contributed by atoms with Gasteiger partial charge in [-0.15, -0.1) is 0 Å². The third kappa shape index (κ3) is 5.01. The summed E-state index contributed by atoms with van der Waals surface area (Å²) in [5, 5.41) is 10.4.